The summed E-state index contributed by atoms with van der Waals surface area (Å²) in [6.07, 6.45) is 2.38. The summed E-state index contributed by atoms with van der Waals surface area (Å²) in [6, 6.07) is 9.74. The Morgan fingerprint density at radius 1 is 1.07 bits per heavy atom. The second-order valence-electron chi connectivity index (χ2n) is 9.97. The quantitative estimate of drug-likeness (QED) is 0.271. The van der Waals surface area contributed by atoms with Crippen molar-refractivity contribution >= 4 is 17.7 Å². The maximum absolute atomic E-state index is 14.9. The van der Waals surface area contributed by atoms with E-state index in [0.717, 1.165) is 6.20 Å². The Bertz CT molecular complexity index is 1290. The first-order valence-electron chi connectivity index (χ1n) is 13.7. The maximum Gasteiger partial charge on any atom is 0.407 e. The van der Waals surface area contributed by atoms with Crippen molar-refractivity contribution in [1.29, 1.82) is 0 Å². The number of ether oxygens (including phenoxy) is 2. The number of benzene rings is 2. The minimum absolute atomic E-state index is 0.158. The average molecular weight is 586 g/mol. The minimum atomic E-state index is -1.18. The van der Waals surface area contributed by atoms with E-state index in [2.05, 4.69) is 20.9 Å². The van der Waals surface area contributed by atoms with Crippen molar-refractivity contribution < 1.29 is 32.2 Å². The molecule has 1 saturated heterocycles. The first-order chi connectivity index (χ1) is 20.2. The standard InChI is InChI=1S/C30H34F3N5O4/c1-2-36-30(40)42-17-22-16-41-23(13-37-22)11-12-24-25(33)14-35-15-26(24)38-29(39)28(34)27(18-3-7-20(31)8-4-18)19-5-9-21(32)10-6-19/h3-10,14-15,22-23,27-28,37H,2,11-13,16-17,34H2,1H3,(H,36,40)(H,38,39)/t22-,23+,28?/m0/s1. The van der Waals surface area contributed by atoms with E-state index in [9.17, 15) is 22.8 Å². The van der Waals surface area contributed by atoms with E-state index in [1.54, 1.807) is 6.92 Å². The topological polar surface area (TPSA) is 128 Å². The van der Waals surface area contributed by atoms with Gasteiger partial charge >= 0.3 is 6.09 Å². The van der Waals surface area contributed by atoms with Crippen molar-refractivity contribution in [2.75, 3.05) is 31.6 Å². The van der Waals surface area contributed by atoms with Crippen molar-refractivity contribution in [3.63, 3.8) is 0 Å². The Balaban J connectivity index is 1.41. The van der Waals surface area contributed by atoms with Crippen LogP contribution in [-0.4, -0.2) is 61.5 Å². The number of amides is 2. The fraction of sp³-hybridized carbons (Fsp3) is 0.367. The van der Waals surface area contributed by atoms with Gasteiger partial charge in [0.1, 0.15) is 24.1 Å². The van der Waals surface area contributed by atoms with Crippen molar-refractivity contribution in [2.24, 2.45) is 5.73 Å². The largest absolute Gasteiger partial charge is 0.448 e. The molecule has 0 radical (unpaired) electrons. The van der Waals surface area contributed by atoms with Gasteiger partial charge in [0.2, 0.25) is 5.91 Å². The highest BCUT2D eigenvalue weighted by atomic mass is 19.1. The summed E-state index contributed by atoms with van der Waals surface area (Å²) in [4.78, 5) is 28.8. The smallest absolute Gasteiger partial charge is 0.407 e. The van der Waals surface area contributed by atoms with Gasteiger partial charge in [-0.25, -0.2) is 18.0 Å². The van der Waals surface area contributed by atoms with Gasteiger partial charge in [0, 0.05) is 24.6 Å². The number of carbonyl (C=O) groups excluding carboxylic acids is 2. The Morgan fingerprint density at radius 3 is 2.29 bits per heavy atom. The SMILES string of the molecule is CCNC(=O)OC[C@@H]1CO[C@H](CCc2c(F)cncc2NC(=O)C(N)C(c2ccc(F)cc2)c2ccc(F)cc2)CN1. The molecular weight excluding hydrogens is 551 g/mol. The monoisotopic (exact) mass is 585 g/mol. The lowest BCUT2D eigenvalue weighted by molar-refractivity contribution is -0.117. The number of nitrogens with one attached hydrogen (secondary N) is 3. The minimum Gasteiger partial charge on any atom is -0.448 e. The number of hydrogen-bond donors (Lipinski definition) is 4. The van der Waals surface area contributed by atoms with E-state index in [0.29, 0.717) is 37.2 Å². The molecule has 224 valence electrons. The van der Waals surface area contributed by atoms with Crippen LogP contribution in [0.15, 0.2) is 60.9 Å². The maximum atomic E-state index is 14.9. The zero-order chi connectivity index (χ0) is 30.1. The normalized spacial score (nSPS) is 17.5. The van der Waals surface area contributed by atoms with Gasteiger partial charge in [0.05, 0.1) is 42.9 Å². The molecule has 12 heteroatoms. The third kappa shape index (κ3) is 8.28. The van der Waals surface area contributed by atoms with Gasteiger partial charge in [-0.1, -0.05) is 24.3 Å². The number of aromatic nitrogens is 1. The number of pyridine rings is 1. The molecule has 0 saturated carbocycles. The molecule has 42 heavy (non-hydrogen) atoms. The second kappa shape index (κ2) is 14.8. The van der Waals surface area contributed by atoms with Gasteiger partial charge in [-0.2, -0.15) is 0 Å². The van der Waals surface area contributed by atoms with Crippen LogP contribution in [-0.2, 0) is 20.7 Å². The van der Waals surface area contributed by atoms with Gasteiger partial charge in [0.15, 0.2) is 0 Å². The molecule has 1 fully saturated rings. The summed E-state index contributed by atoms with van der Waals surface area (Å²) in [5.74, 6) is -2.85. The first kappa shape index (κ1) is 30.9. The number of morpholine rings is 1. The summed E-state index contributed by atoms with van der Waals surface area (Å²) in [7, 11) is 0. The van der Waals surface area contributed by atoms with E-state index in [1.807, 2.05) is 0 Å². The van der Waals surface area contributed by atoms with Gasteiger partial charge in [-0.3, -0.25) is 9.78 Å². The Labute approximate surface area is 242 Å². The van der Waals surface area contributed by atoms with Gasteiger partial charge in [0.25, 0.3) is 0 Å². The molecule has 3 aromatic rings. The van der Waals surface area contributed by atoms with Crippen LogP contribution in [0.25, 0.3) is 0 Å². The van der Waals surface area contributed by atoms with Crippen LogP contribution in [0, 0.1) is 17.5 Å². The van der Waals surface area contributed by atoms with Gasteiger partial charge in [-0.15, -0.1) is 0 Å². The number of hydrogen-bond acceptors (Lipinski definition) is 7. The Morgan fingerprint density at radius 2 is 1.71 bits per heavy atom. The molecule has 4 rings (SSSR count). The number of halogens is 3. The summed E-state index contributed by atoms with van der Waals surface area (Å²) in [6.45, 7) is 3.21. The lowest BCUT2D eigenvalue weighted by Crippen LogP contribution is -2.49. The second-order valence-corrected chi connectivity index (χ2v) is 9.97. The van der Waals surface area contributed by atoms with Crippen LogP contribution >= 0.6 is 0 Å². The van der Waals surface area contributed by atoms with Crippen LogP contribution in [0.1, 0.15) is 36.0 Å². The molecule has 1 aliphatic heterocycles. The lowest BCUT2D eigenvalue weighted by Gasteiger charge is -2.30. The third-order valence-electron chi connectivity index (χ3n) is 7.00. The lowest BCUT2D eigenvalue weighted by atomic mass is 9.85. The highest BCUT2D eigenvalue weighted by molar-refractivity contribution is 5.96. The zero-order valence-corrected chi connectivity index (χ0v) is 23.1. The van der Waals surface area contributed by atoms with Crippen LogP contribution in [0.4, 0.5) is 23.7 Å². The first-order valence-corrected chi connectivity index (χ1v) is 13.7. The average Bonchev–Trinajstić information content (AvgIpc) is 2.98. The highest BCUT2D eigenvalue weighted by Crippen LogP contribution is 2.29. The molecular formula is C30H34F3N5O4. The molecule has 5 N–H and O–H groups in total. The number of nitrogens with zero attached hydrogens (tertiary/aromatic N) is 1. The Kier molecular flexibility index (Phi) is 10.9. The van der Waals surface area contributed by atoms with E-state index >= 15 is 0 Å². The van der Waals surface area contributed by atoms with Crippen LogP contribution < -0.4 is 21.7 Å². The summed E-state index contributed by atoms with van der Waals surface area (Å²) < 4.78 is 53.1. The molecule has 0 aliphatic carbocycles. The van der Waals surface area contributed by atoms with Crippen LogP contribution in [0.5, 0.6) is 0 Å². The number of rotatable bonds is 11. The number of carbonyl (C=O) groups is 2. The molecule has 1 aromatic heterocycles. The molecule has 0 spiro atoms. The van der Waals surface area contributed by atoms with Crippen LogP contribution in [0.3, 0.4) is 0 Å². The predicted octanol–water partition coefficient (Wildman–Crippen LogP) is 3.63. The van der Waals surface area contributed by atoms with E-state index in [1.165, 1.54) is 54.7 Å². The van der Waals surface area contributed by atoms with E-state index in [-0.39, 0.29) is 36.4 Å². The molecule has 3 atom stereocenters. The van der Waals surface area contributed by atoms with Crippen molar-refractivity contribution in [3.8, 4) is 0 Å². The number of anilines is 1. The summed E-state index contributed by atoms with van der Waals surface area (Å²) in [5.41, 5.74) is 7.95. The van der Waals surface area contributed by atoms with E-state index in [4.69, 9.17) is 15.2 Å². The molecule has 2 heterocycles. The number of alkyl carbamates (subject to hydrolysis) is 1. The van der Waals surface area contributed by atoms with Crippen LogP contribution in [0.2, 0.25) is 0 Å². The zero-order valence-electron chi connectivity index (χ0n) is 23.1. The van der Waals surface area contributed by atoms with E-state index < -0.39 is 41.4 Å². The molecule has 2 amide bonds. The molecule has 1 aliphatic rings. The summed E-state index contributed by atoms with van der Waals surface area (Å²) in [5, 5.41) is 8.52. The van der Waals surface area contributed by atoms with Gasteiger partial charge < -0.3 is 31.2 Å². The predicted molar refractivity (Wildman–Crippen MR) is 150 cm³/mol. The molecule has 0 bridgehead atoms. The fourth-order valence-corrected chi connectivity index (χ4v) is 4.78. The van der Waals surface area contributed by atoms with Crippen molar-refractivity contribution in [2.45, 2.75) is 43.9 Å². The molecule has 9 nitrogen and oxygen atoms in total. The third-order valence-corrected chi connectivity index (χ3v) is 7.00. The number of nitrogens with two attached hydrogens (primary N) is 1. The highest BCUT2D eigenvalue weighted by Gasteiger charge is 2.29. The molecule has 2 aromatic carbocycles. The summed E-state index contributed by atoms with van der Waals surface area (Å²) >= 11 is 0. The van der Waals surface area contributed by atoms with Crippen molar-refractivity contribution in [1.82, 2.24) is 15.6 Å². The van der Waals surface area contributed by atoms with Gasteiger partial charge in [-0.05, 0) is 55.2 Å². The Hall–Kier alpha value is -4.00. The van der Waals surface area contributed by atoms with Crippen molar-refractivity contribution in [3.05, 3.63) is 95.1 Å². The fourth-order valence-electron chi connectivity index (χ4n) is 4.78. The molecule has 1 unspecified atom stereocenters.